The van der Waals surface area contributed by atoms with Crippen molar-refractivity contribution >= 4 is 28.3 Å². The molecule has 0 radical (unpaired) electrons. The van der Waals surface area contributed by atoms with Gasteiger partial charge in [0.05, 0.1) is 5.52 Å². The normalized spacial score (nSPS) is 14.0. The molecule has 0 fully saturated rings. The van der Waals surface area contributed by atoms with Crippen LogP contribution in [0.15, 0.2) is 6.08 Å². The molecule has 0 spiro atoms. The van der Waals surface area contributed by atoms with Crippen LogP contribution in [0.4, 0.5) is 8.78 Å². The lowest BCUT2D eigenvalue weighted by molar-refractivity contribution is -0.124. The molecular weight excluding hydrogens is 352 g/mol. The molecule has 2 amide bonds. The summed E-state index contributed by atoms with van der Waals surface area (Å²) in [5.41, 5.74) is 6.86. The van der Waals surface area contributed by atoms with Gasteiger partial charge in [0.2, 0.25) is 0 Å². The van der Waals surface area contributed by atoms with Gasteiger partial charge in [-0.3, -0.25) is 9.59 Å². The zero-order valence-corrected chi connectivity index (χ0v) is 15.3. The van der Waals surface area contributed by atoms with Gasteiger partial charge in [0.15, 0.2) is 11.6 Å². The standard InChI is InChI=1S/C20H19F2N3O2/c1-4-6-13(26)25-8-5-7-12(9-25)15-14-10(2)11(3)24-19(14)16(20(23)27)18(22)17(15)21/h7,24H,5,8-9H2,1-3H3,(H2,23,27). The minimum atomic E-state index is -1.29. The van der Waals surface area contributed by atoms with E-state index in [4.69, 9.17) is 5.73 Å². The molecule has 0 atom stereocenters. The van der Waals surface area contributed by atoms with E-state index in [1.165, 1.54) is 4.90 Å². The van der Waals surface area contributed by atoms with Crippen LogP contribution >= 0.6 is 0 Å². The van der Waals surface area contributed by atoms with Crippen molar-refractivity contribution in [3.8, 4) is 11.8 Å². The molecule has 2 heterocycles. The van der Waals surface area contributed by atoms with Gasteiger partial charge < -0.3 is 15.6 Å². The van der Waals surface area contributed by atoms with Gasteiger partial charge in [-0.15, -0.1) is 0 Å². The highest BCUT2D eigenvalue weighted by atomic mass is 19.2. The van der Waals surface area contributed by atoms with Crippen molar-refractivity contribution < 1.29 is 18.4 Å². The molecule has 27 heavy (non-hydrogen) atoms. The quantitative estimate of drug-likeness (QED) is 0.796. The second kappa shape index (κ2) is 6.88. The molecule has 0 unspecified atom stereocenters. The number of amides is 2. The fourth-order valence-electron chi connectivity index (χ4n) is 3.47. The topological polar surface area (TPSA) is 79.2 Å². The van der Waals surface area contributed by atoms with E-state index in [-0.39, 0.29) is 23.5 Å². The Kier molecular flexibility index (Phi) is 4.75. The van der Waals surface area contributed by atoms with Crippen LogP contribution < -0.4 is 5.73 Å². The van der Waals surface area contributed by atoms with E-state index in [0.29, 0.717) is 35.2 Å². The molecule has 0 bridgehead atoms. The number of aromatic nitrogens is 1. The molecule has 5 nitrogen and oxygen atoms in total. The molecule has 1 aliphatic rings. The Morgan fingerprint density at radius 1 is 1.26 bits per heavy atom. The van der Waals surface area contributed by atoms with Crippen LogP contribution in [0.5, 0.6) is 0 Å². The molecule has 0 saturated carbocycles. The summed E-state index contributed by atoms with van der Waals surface area (Å²) >= 11 is 0. The summed E-state index contributed by atoms with van der Waals surface area (Å²) in [6.45, 7) is 5.63. The minimum Gasteiger partial charge on any atom is -0.365 e. The van der Waals surface area contributed by atoms with E-state index >= 15 is 4.39 Å². The molecule has 1 aromatic carbocycles. The summed E-state index contributed by atoms with van der Waals surface area (Å²) in [4.78, 5) is 28.2. The first-order valence-corrected chi connectivity index (χ1v) is 8.48. The number of aryl methyl sites for hydroxylation is 2. The average Bonchev–Trinajstić information content (AvgIpc) is 2.90. The van der Waals surface area contributed by atoms with Crippen molar-refractivity contribution in [3.05, 3.63) is 40.1 Å². The maximum Gasteiger partial charge on any atom is 0.298 e. The minimum absolute atomic E-state index is 0.0521. The number of hydrogen-bond donors (Lipinski definition) is 2. The molecule has 2 aromatic rings. The highest BCUT2D eigenvalue weighted by molar-refractivity contribution is 6.10. The molecule has 7 heteroatoms. The Balaban J connectivity index is 2.26. The molecule has 3 rings (SSSR count). The van der Waals surface area contributed by atoms with Gasteiger partial charge in [0.1, 0.15) is 5.56 Å². The molecule has 140 valence electrons. The lowest BCUT2D eigenvalue weighted by atomic mass is 9.92. The van der Waals surface area contributed by atoms with Crippen LogP contribution in [0, 0.1) is 37.3 Å². The van der Waals surface area contributed by atoms with Crippen molar-refractivity contribution in [2.24, 2.45) is 5.73 Å². The Labute approximate surface area is 155 Å². The third kappa shape index (κ3) is 2.97. The average molecular weight is 371 g/mol. The van der Waals surface area contributed by atoms with Gasteiger partial charge in [-0.25, -0.2) is 8.78 Å². The van der Waals surface area contributed by atoms with Crippen LogP contribution in [0.25, 0.3) is 16.5 Å². The van der Waals surface area contributed by atoms with Crippen molar-refractivity contribution in [2.45, 2.75) is 27.2 Å². The Bertz CT molecular complexity index is 1070. The number of nitrogens with zero attached hydrogens (tertiary/aromatic N) is 1. The van der Waals surface area contributed by atoms with E-state index in [2.05, 4.69) is 16.8 Å². The number of primary amides is 1. The fourth-order valence-corrected chi connectivity index (χ4v) is 3.47. The molecule has 3 N–H and O–H groups in total. The second-order valence-corrected chi connectivity index (χ2v) is 6.49. The van der Waals surface area contributed by atoms with Gasteiger partial charge in [0, 0.05) is 29.7 Å². The zero-order chi connectivity index (χ0) is 19.9. The predicted molar refractivity (Wildman–Crippen MR) is 98.8 cm³/mol. The summed E-state index contributed by atoms with van der Waals surface area (Å²) in [5.74, 6) is 1.18. The van der Waals surface area contributed by atoms with Gasteiger partial charge >= 0.3 is 0 Å². The molecule has 1 aliphatic heterocycles. The van der Waals surface area contributed by atoms with Gasteiger partial charge in [-0.2, -0.15) is 0 Å². The summed E-state index contributed by atoms with van der Waals surface area (Å²) in [5, 5.41) is 0.405. The maximum atomic E-state index is 15.0. The monoisotopic (exact) mass is 371 g/mol. The number of aromatic amines is 1. The third-order valence-electron chi connectivity index (χ3n) is 4.87. The number of H-pyrrole nitrogens is 1. The first kappa shape index (κ1) is 18.6. The Morgan fingerprint density at radius 2 is 1.96 bits per heavy atom. The van der Waals surface area contributed by atoms with E-state index in [1.54, 1.807) is 26.8 Å². The largest absolute Gasteiger partial charge is 0.365 e. The fraction of sp³-hybridized carbons (Fsp3) is 0.300. The smallest absolute Gasteiger partial charge is 0.298 e. The van der Waals surface area contributed by atoms with Crippen molar-refractivity contribution in [3.63, 3.8) is 0 Å². The second-order valence-electron chi connectivity index (χ2n) is 6.49. The first-order valence-electron chi connectivity index (χ1n) is 8.48. The lowest BCUT2D eigenvalue weighted by Crippen LogP contribution is -2.34. The summed E-state index contributed by atoms with van der Waals surface area (Å²) in [7, 11) is 0. The SMILES string of the molecule is CC#CC(=O)N1CCC=C(c2c(F)c(F)c(C(N)=O)c3[nH]c(C)c(C)c23)C1. The van der Waals surface area contributed by atoms with E-state index < -0.39 is 23.1 Å². The van der Waals surface area contributed by atoms with Gasteiger partial charge in [0.25, 0.3) is 11.8 Å². The number of rotatable bonds is 2. The van der Waals surface area contributed by atoms with Crippen molar-refractivity contribution in [2.75, 3.05) is 13.1 Å². The number of fused-ring (bicyclic) bond motifs is 1. The van der Waals surface area contributed by atoms with Crippen LogP contribution in [0.1, 0.15) is 40.5 Å². The van der Waals surface area contributed by atoms with Gasteiger partial charge in [-0.05, 0) is 44.2 Å². The number of benzene rings is 1. The van der Waals surface area contributed by atoms with Crippen molar-refractivity contribution in [1.29, 1.82) is 0 Å². The summed E-state index contributed by atoms with van der Waals surface area (Å²) in [6.07, 6.45) is 2.28. The van der Waals surface area contributed by atoms with E-state index in [1.807, 2.05) is 0 Å². The number of nitrogens with one attached hydrogen (secondary N) is 1. The molecule has 0 aliphatic carbocycles. The van der Waals surface area contributed by atoms with E-state index in [9.17, 15) is 14.0 Å². The highest BCUT2D eigenvalue weighted by Crippen LogP contribution is 2.37. The summed E-state index contributed by atoms with van der Waals surface area (Å²) in [6, 6.07) is 0. The Hall–Kier alpha value is -3.14. The number of carbonyl (C=O) groups is 2. The van der Waals surface area contributed by atoms with Crippen LogP contribution in [0.2, 0.25) is 0 Å². The molecule has 0 saturated heterocycles. The number of hydrogen-bond acceptors (Lipinski definition) is 2. The van der Waals surface area contributed by atoms with Crippen molar-refractivity contribution in [1.82, 2.24) is 9.88 Å². The van der Waals surface area contributed by atoms with Crippen LogP contribution in [-0.4, -0.2) is 34.8 Å². The highest BCUT2D eigenvalue weighted by Gasteiger charge is 2.29. The maximum absolute atomic E-state index is 15.0. The first-order chi connectivity index (χ1) is 12.8. The third-order valence-corrected chi connectivity index (χ3v) is 4.87. The number of carbonyl (C=O) groups excluding carboxylic acids is 2. The summed E-state index contributed by atoms with van der Waals surface area (Å²) < 4.78 is 29.7. The Morgan fingerprint density at radius 3 is 2.59 bits per heavy atom. The van der Waals surface area contributed by atoms with Gasteiger partial charge in [-0.1, -0.05) is 12.0 Å². The number of nitrogens with two attached hydrogens (primary N) is 1. The molecular formula is C20H19F2N3O2. The molecule has 1 aromatic heterocycles. The lowest BCUT2D eigenvalue weighted by Gasteiger charge is -2.26. The van der Waals surface area contributed by atoms with Crippen LogP contribution in [-0.2, 0) is 4.79 Å². The zero-order valence-electron chi connectivity index (χ0n) is 15.3. The van der Waals surface area contributed by atoms with E-state index in [0.717, 1.165) is 0 Å². The predicted octanol–water partition coefficient (Wildman–Crippen LogP) is 2.80. The number of halogens is 2. The van der Waals surface area contributed by atoms with Crippen LogP contribution in [0.3, 0.4) is 0 Å².